The van der Waals surface area contributed by atoms with Gasteiger partial charge in [-0.1, -0.05) is 50.2 Å². The van der Waals surface area contributed by atoms with E-state index >= 15 is 0 Å². The molecule has 0 unspecified atom stereocenters. The van der Waals surface area contributed by atoms with E-state index in [0.717, 1.165) is 12.5 Å². The second-order valence-electron chi connectivity index (χ2n) is 6.15. The highest BCUT2D eigenvalue weighted by atomic mass is 14.9. The Hall–Kier alpha value is -1.76. The summed E-state index contributed by atoms with van der Waals surface area (Å²) in [4.78, 5) is 0. The van der Waals surface area contributed by atoms with Crippen LogP contribution in [0.5, 0.6) is 0 Å². The lowest BCUT2D eigenvalue weighted by molar-refractivity contribution is 0.867. The summed E-state index contributed by atoms with van der Waals surface area (Å²) in [6.45, 7) is 5.36. The van der Waals surface area contributed by atoms with Crippen LogP contribution in [0.15, 0.2) is 48.5 Å². The van der Waals surface area contributed by atoms with Gasteiger partial charge in [0.1, 0.15) is 0 Å². The minimum atomic E-state index is 0.597. The Balaban J connectivity index is 1.62. The van der Waals surface area contributed by atoms with Crippen LogP contribution < -0.4 is 5.32 Å². The summed E-state index contributed by atoms with van der Waals surface area (Å²) in [6.07, 6.45) is 2.74. The van der Waals surface area contributed by atoms with Crippen molar-refractivity contribution in [3.8, 4) is 0 Å². The summed E-state index contributed by atoms with van der Waals surface area (Å²) in [5.41, 5.74) is 5.49. The van der Waals surface area contributed by atoms with E-state index in [4.69, 9.17) is 0 Å². The number of rotatable bonds is 5. The van der Waals surface area contributed by atoms with Gasteiger partial charge in [0, 0.05) is 12.2 Å². The first kappa shape index (κ1) is 13.2. The summed E-state index contributed by atoms with van der Waals surface area (Å²) in [6, 6.07) is 17.8. The van der Waals surface area contributed by atoms with Gasteiger partial charge in [0.15, 0.2) is 0 Å². The Morgan fingerprint density at radius 1 is 1.05 bits per heavy atom. The maximum absolute atomic E-state index is 3.51. The van der Waals surface area contributed by atoms with Crippen LogP contribution in [0.4, 0.5) is 5.69 Å². The molecule has 0 amide bonds. The van der Waals surface area contributed by atoms with Crippen molar-refractivity contribution in [2.45, 2.75) is 45.1 Å². The fourth-order valence-electron chi connectivity index (χ4n) is 2.56. The van der Waals surface area contributed by atoms with Crippen molar-refractivity contribution in [2.75, 3.05) is 5.32 Å². The van der Waals surface area contributed by atoms with Crippen molar-refractivity contribution >= 4 is 5.69 Å². The molecular weight excluding hydrogens is 242 g/mol. The predicted molar refractivity (Wildman–Crippen MR) is 86.3 cm³/mol. The minimum absolute atomic E-state index is 0.597. The third-order valence-electron chi connectivity index (χ3n) is 4.07. The normalized spacial score (nSPS) is 14.6. The van der Waals surface area contributed by atoms with Gasteiger partial charge in [0.25, 0.3) is 0 Å². The lowest BCUT2D eigenvalue weighted by atomic mass is 10.0. The molecule has 0 radical (unpaired) electrons. The number of anilines is 1. The number of benzene rings is 2. The predicted octanol–water partition coefficient (Wildman–Crippen LogP) is 5.30. The average molecular weight is 265 g/mol. The van der Waals surface area contributed by atoms with Crippen LogP contribution in [0.25, 0.3) is 0 Å². The van der Waals surface area contributed by atoms with Gasteiger partial charge in [0.2, 0.25) is 0 Å². The van der Waals surface area contributed by atoms with Crippen molar-refractivity contribution in [1.29, 1.82) is 0 Å². The molecule has 1 aliphatic carbocycles. The zero-order valence-corrected chi connectivity index (χ0v) is 12.4. The first-order chi connectivity index (χ1) is 9.72. The van der Waals surface area contributed by atoms with E-state index in [1.807, 2.05) is 0 Å². The van der Waals surface area contributed by atoms with E-state index < -0.39 is 0 Å². The molecule has 1 nitrogen and oxygen atoms in total. The summed E-state index contributed by atoms with van der Waals surface area (Å²) < 4.78 is 0. The molecule has 2 aromatic carbocycles. The van der Waals surface area contributed by atoms with Gasteiger partial charge in [-0.05, 0) is 53.5 Å². The Bertz CT molecular complexity index is 565. The molecule has 0 bridgehead atoms. The SMILES string of the molecule is CC(C)c1ccc(NCc2cccc(C3CC3)c2)cc1. The molecule has 1 fully saturated rings. The van der Waals surface area contributed by atoms with E-state index in [1.165, 1.54) is 35.2 Å². The van der Waals surface area contributed by atoms with Crippen LogP contribution in [-0.4, -0.2) is 0 Å². The van der Waals surface area contributed by atoms with E-state index in [0.29, 0.717) is 5.92 Å². The van der Waals surface area contributed by atoms with Crippen LogP contribution in [0.3, 0.4) is 0 Å². The summed E-state index contributed by atoms with van der Waals surface area (Å²) >= 11 is 0. The number of hydrogen-bond donors (Lipinski definition) is 1. The molecule has 1 aliphatic rings. The van der Waals surface area contributed by atoms with Gasteiger partial charge in [-0.2, -0.15) is 0 Å². The lowest BCUT2D eigenvalue weighted by Crippen LogP contribution is -2.00. The van der Waals surface area contributed by atoms with Gasteiger partial charge in [-0.25, -0.2) is 0 Å². The molecule has 104 valence electrons. The Labute approximate surface area is 122 Å². The molecule has 0 heterocycles. The monoisotopic (exact) mass is 265 g/mol. The highest BCUT2D eigenvalue weighted by Gasteiger charge is 2.23. The molecule has 20 heavy (non-hydrogen) atoms. The first-order valence-electron chi connectivity index (χ1n) is 7.65. The standard InChI is InChI=1S/C19H23N/c1-14(2)16-8-10-19(11-9-16)20-13-15-4-3-5-18(12-15)17-6-7-17/h3-5,8-12,14,17,20H,6-7,13H2,1-2H3. The molecule has 0 saturated heterocycles. The smallest absolute Gasteiger partial charge is 0.0400 e. The maximum Gasteiger partial charge on any atom is 0.0400 e. The zero-order valence-electron chi connectivity index (χ0n) is 12.4. The molecule has 1 heteroatoms. The molecule has 3 rings (SSSR count). The third kappa shape index (κ3) is 3.22. The highest BCUT2D eigenvalue weighted by Crippen LogP contribution is 2.40. The maximum atomic E-state index is 3.51. The summed E-state index contributed by atoms with van der Waals surface area (Å²) in [7, 11) is 0. The van der Waals surface area contributed by atoms with E-state index in [-0.39, 0.29) is 0 Å². The fraction of sp³-hybridized carbons (Fsp3) is 0.368. The molecule has 0 spiro atoms. The van der Waals surface area contributed by atoms with E-state index in [9.17, 15) is 0 Å². The molecule has 0 atom stereocenters. The lowest BCUT2D eigenvalue weighted by Gasteiger charge is -2.10. The average Bonchev–Trinajstić information content (AvgIpc) is 3.30. The van der Waals surface area contributed by atoms with Gasteiger partial charge < -0.3 is 5.32 Å². The van der Waals surface area contributed by atoms with Crippen LogP contribution in [-0.2, 0) is 6.54 Å². The molecule has 1 N–H and O–H groups in total. The van der Waals surface area contributed by atoms with E-state index in [1.54, 1.807) is 0 Å². The molecule has 0 aliphatic heterocycles. The first-order valence-corrected chi connectivity index (χ1v) is 7.65. The van der Waals surface area contributed by atoms with Gasteiger partial charge in [-0.15, -0.1) is 0 Å². The second kappa shape index (κ2) is 5.70. The topological polar surface area (TPSA) is 12.0 Å². The quantitative estimate of drug-likeness (QED) is 0.773. The van der Waals surface area contributed by atoms with Crippen molar-refractivity contribution in [2.24, 2.45) is 0 Å². The molecule has 1 saturated carbocycles. The van der Waals surface area contributed by atoms with Gasteiger partial charge in [-0.3, -0.25) is 0 Å². The molecule has 0 aromatic heterocycles. The minimum Gasteiger partial charge on any atom is -0.381 e. The van der Waals surface area contributed by atoms with Crippen molar-refractivity contribution in [1.82, 2.24) is 0 Å². The van der Waals surface area contributed by atoms with Crippen LogP contribution >= 0.6 is 0 Å². The van der Waals surface area contributed by atoms with Gasteiger partial charge in [0.05, 0.1) is 0 Å². The third-order valence-corrected chi connectivity index (χ3v) is 4.07. The zero-order chi connectivity index (χ0) is 13.9. The molecular formula is C19H23N. The van der Waals surface area contributed by atoms with E-state index in [2.05, 4.69) is 67.7 Å². The van der Waals surface area contributed by atoms with Crippen LogP contribution in [0, 0.1) is 0 Å². The van der Waals surface area contributed by atoms with Crippen LogP contribution in [0.1, 0.15) is 55.2 Å². The highest BCUT2D eigenvalue weighted by molar-refractivity contribution is 5.46. The van der Waals surface area contributed by atoms with Crippen LogP contribution in [0.2, 0.25) is 0 Å². The number of nitrogens with one attached hydrogen (secondary N) is 1. The summed E-state index contributed by atoms with van der Waals surface area (Å²) in [5.74, 6) is 1.43. The second-order valence-corrected chi connectivity index (χ2v) is 6.15. The Morgan fingerprint density at radius 3 is 2.45 bits per heavy atom. The van der Waals surface area contributed by atoms with Crippen molar-refractivity contribution < 1.29 is 0 Å². The van der Waals surface area contributed by atoms with Crippen molar-refractivity contribution in [3.05, 3.63) is 65.2 Å². The Morgan fingerprint density at radius 2 is 1.80 bits per heavy atom. The fourth-order valence-corrected chi connectivity index (χ4v) is 2.56. The largest absolute Gasteiger partial charge is 0.381 e. The Kier molecular flexibility index (Phi) is 3.77. The molecule has 2 aromatic rings. The van der Waals surface area contributed by atoms with Crippen molar-refractivity contribution in [3.63, 3.8) is 0 Å². The van der Waals surface area contributed by atoms with Gasteiger partial charge >= 0.3 is 0 Å². The number of hydrogen-bond acceptors (Lipinski definition) is 1. The summed E-state index contributed by atoms with van der Waals surface area (Å²) in [5, 5.41) is 3.51.